The third-order valence-electron chi connectivity index (χ3n) is 4.08. The molecule has 1 heterocycles. The van der Waals surface area contributed by atoms with E-state index in [9.17, 15) is 13.2 Å². The first-order valence-corrected chi connectivity index (χ1v) is 9.25. The van der Waals surface area contributed by atoms with Crippen molar-refractivity contribution in [1.29, 1.82) is 0 Å². The summed E-state index contributed by atoms with van der Waals surface area (Å²) in [5.74, 6) is 0.226. The minimum absolute atomic E-state index is 0.00808. The maximum atomic E-state index is 12.5. The summed E-state index contributed by atoms with van der Waals surface area (Å²) in [7, 11) is -3.76. The van der Waals surface area contributed by atoms with E-state index in [1.807, 2.05) is 13.8 Å². The summed E-state index contributed by atoms with van der Waals surface area (Å²) in [6, 6.07) is 6.53. The first-order valence-electron chi connectivity index (χ1n) is 7.76. The fraction of sp³-hybridized carbons (Fsp3) is 0.353. The molecule has 1 atom stereocenters. The quantitative estimate of drug-likeness (QED) is 0.924. The van der Waals surface area contributed by atoms with E-state index in [0.717, 1.165) is 5.56 Å². The molecule has 0 saturated heterocycles. The number of carbonyl (C=O) groups excluding carboxylic acids is 1. The van der Waals surface area contributed by atoms with Crippen LogP contribution in [0.5, 0.6) is 0 Å². The molecule has 1 aliphatic carbocycles. The maximum absolute atomic E-state index is 12.5. The smallest absolute Gasteiger partial charge is 0.264 e. The Morgan fingerprint density at radius 1 is 1.08 bits per heavy atom. The van der Waals surface area contributed by atoms with E-state index < -0.39 is 10.0 Å². The van der Waals surface area contributed by atoms with Crippen molar-refractivity contribution in [3.63, 3.8) is 0 Å². The van der Waals surface area contributed by atoms with Gasteiger partial charge in [0.1, 0.15) is 0 Å². The van der Waals surface area contributed by atoms with Crippen LogP contribution in [0.15, 0.2) is 29.2 Å². The number of nitrogens with one attached hydrogen (secondary N) is 1. The number of nitrogens with zero attached hydrogens (tertiary/aromatic N) is 2. The number of carbonyl (C=O) groups is 1. The summed E-state index contributed by atoms with van der Waals surface area (Å²) >= 11 is 0. The largest absolute Gasteiger partial charge is 0.294 e. The highest BCUT2D eigenvalue weighted by Crippen LogP contribution is 2.27. The lowest BCUT2D eigenvalue weighted by Crippen LogP contribution is -2.23. The van der Waals surface area contributed by atoms with Crippen molar-refractivity contribution in [2.75, 3.05) is 4.72 Å². The zero-order valence-corrected chi connectivity index (χ0v) is 14.6. The number of hydrogen-bond donors (Lipinski definition) is 1. The Hall–Kier alpha value is -2.28. The second-order valence-electron chi connectivity index (χ2n) is 6.31. The zero-order valence-electron chi connectivity index (χ0n) is 13.8. The third-order valence-corrected chi connectivity index (χ3v) is 5.42. The molecule has 1 aromatic heterocycles. The van der Waals surface area contributed by atoms with Gasteiger partial charge in [0.15, 0.2) is 5.78 Å². The molecule has 3 rings (SSSR count). The van der Waals surface area contributed by atoms with Crippen LogP contribution in [-0.4, -0.2) is 24.2 Å². The first-order chi connectivity index (χ1) is 11.3. The molecule has 0 amide bonds. The Kier molecular flexibility index (Phi) is 4.13. The summed E-state index contributed by atoms with van der Waals surface area (Å²) in [5.41, 5.74) is 2.64. The fourth-order valence-electron chi connectivity index (χ4n) is 2.91. The number of rotatable bonds is 3. The molecule has 7 heteroatoms. The van der Waals surface area contributed by atoms with Crippen molar-refractivity contribution in [2.24, 2.45) is 5.92 Å². The van der Waals surface area contributed by atoms with E-state index in [1.165, 1.54) is 12.1 Å². The number of benzene rings is 1. The SMILES string of the molecule is Cc1ccc(S(=O)(=O)Nc2nc(C)c3c(n2)C[C@H](C)CC3=O)cc1. The van der Waals surface area contributed by atoms with E-state index in [0.29, 0.717) is 29.8 Å². The molecule has 126 valence electrons. The summed E-state index contributed by atoms with van der Waals surface area (Å²) in [4.78, 5) is 20.7. The summed E-state index contributed by atoms with van der Waals surface area (Å²) < 4.78 is 27.3. The second kappa shape index (κ2) is 5.98. The molecule has 0 spiro atoms. The van der Waals surface area contributed by atoms with Crippen LogP contribution in [-0.2, 0) is 16.4 Å². The van der Waals surface area contributed by atoms with Gasteiger partial charge in [-0.05, 0) is 38.3 Å². The van der Waals surface area contributed by atoms with Gasteiger partial charge in [-0.15, -0.1) is 0 Å². The van der Waals surface area contributed by atoms with E-state index in [-0.39, 0.29) is 22.5 Å². The van der Waals surface area contributed by atoms with Gasteiger partial charge in [-0.2, -0.15) is 0 Å². The fourth-order valence-corrected chi connectivity index (χ4v) is 3.85. The minimum Gasteiger partial charge on any atom is -0.294 e. The van der Waals surface area contributed by atoms with Gasteiger partial charge >= 0.3 is 0 Å². The van der Waals surface area contributed by atoms with Crippen LogP contribution in [0.3, 0.4) is 0 Å². The van der Waals surface area contributed by atoms with Gasteiger partial charge in [-0.25, -0.2) is 23.1 Å². The van der Waals surface area contributed by atoms with E-state index in [2.05, 4.69) is 14.7 Å². The van der Waals surface area contributed by atoms with Gasteiger partial charge in [-0.1, -0.05) is 24.6 Å². The highest BCUT2D eigenvalue weighted by atomic mass is 32.2. The number of fused-ring (bicyclic) bond motifs is 1. The van der Waals surface area contributed by atoms with Gasteiger partial charge in [0.2, 0.25) is 5.95 Å². The molecule has 0 fully saturated rings. The molecule has 2 aromatic rings. The van der Waals surface area contributed by atoms with Crippen LogP contribution in [0.25, 0.3) is 0 Å². The summed E-state index contributed by atoms with van der Waals surface area (Å²) in [6.07, 6.45) is 1.12. The Labute approximate surface area is 141 Å². The standard InChI is InChI=1S/C17H19N3O3S/c1-10-4-6-13(7-5-10)24(22,23)20-17-18-12(3)16-14(19-17)8-11(2)9-15(16)21/h4-7,11H,8-9H2,1-3H3,(H,18,19,20)/t11-/m0/s1. The normalized spacial score (nSPS) is 17.5. The van der Waals surface area contributed by atoms with Crippen LogP contribution in [0.2, 0.25) is 0 Å². The molecule has 24 heavy (non-hydrogen) atoms. The molecule has 0 unspecified atom stereocenters. The number of ketones is 1. The molecule has 1 aliphatic rings. The first kappa shape index (κ1) is 16.6. The van der Waals surface area contributed by atoms with Gasteiger partial charge in [0.25, 0.3) is 10.0 Å². The molecule has 6 nitrogen and oxygen atoms in total. The highest BCUT2D eigenvalue weighted by Gasteiger charge is 2.27. The molecular weight excluding hydrogens is 326 g/mol. The molecule has 0 radical (unpaired) electrons. The average molecular weight is 345 g/mol. The molecule has 1 N–H and O–H groups in total. The number of anilines is 1. The Bertz CT molecular complexity index is 905. The van der Waals surface area contributed by atoms with Crippen LogP contribution in [0.1, 0.15) is 40.7 Å². The monoisotopic (exact) mass is 345 g/mol. The Balaban J connectivity index is 1.96. The summed E-state index contributed by atoms with van der Waals surface area (Å²) in [6.45, 7) is 5.57. The van der Waals surface area contributed by atoms with Gasteiger partial charge in [-0.3, -0.25) is 4.79 Å². The number of aromatic nitrogens is 2. The van der Waals surface area contributed by atoms with Crippen molar-refractivity contribution in [2.45, 2.75) is 38.5 Å². The number of aryl methyl sites for hydroxylation is 2. The predicted octanol–water partition coefficient (Wildman–Crippen LogP) is 2.66. The highest BCUT2D eigenvalue weighted by molar-refractivity contribution is 7.92. The zero-order chi connectivity index (χ0) is 17.5. The topological polar surface area (TPSA) is 89.0 Å². The van der Waals surface area contributed by atoms with Gasteiger partial charge < -0.3 is 0 Å². The van der Waals surface area contributed by atoms with Crippen molar-refractivity contribution in [3.05, 3.63) is 46.8 Å². The molecule has 0 bridgehead atoms. The predicted molar refractivity (Wildman–Crippen MR) is 90.6 cm³/mol. The van der Waals surface area contributed by atoms with E-state index in [1.54, 1.807) is 19.1 Å². The molecular formula is C17H19N3O3S. The lowest BCUT2D eigenvalue weighted by molar-refractivity contribution is 0.0951. The lowest BCUT2D eigenvalue weighted by Gasteiger charge is -2.21. The summed E-state index contributed by atoms with van der Waals surface area (Å²) in [5, 5.41) is 0. The van der Waals surface area contributed by atoms with Crippen LogP contribution < -0.4 is 4.72 Å². The second-order valence-corrected chi connectivity index (χ2v) is 7.99. The molecule has 0 aliphatic heterocycles. The third kappa shape index (κ3) is 3.17. The van der Waals surface area contributed by atoms with Gasteiger partial charge in [0.05, 0.1) is 21.8 Å². The van der Waals surface area contributed by atoms with E-state index in [4.69, 9.17) is 0 Å². The van der Waals surface area contributed by atoms with Crippen LogP contribution >= 0.6 is 0 Å². The number of hydrogen-bond acceptors (Lipinski definition) is 5. The van der Waals surface area contributed by atoms with Crippen LogP contribution in [0.4, 0.5) is 5.95 Å². The lowest BCUT2D eigenvalue weighted by atomic mass is 9.86. The molecule has 0 saturated carbocycles. The Morgan fingerprint density at radius 2 is 1.75 bits per heavy atom. The average Bonchev–Trinajstić information content (AvgIpc) is 2.45. The minimum atomic E-state index is -3.76. The maximum Gasteiger partial charge on any atom is 0.264 e. The van der Waals surface area contributed by atoms with Crippen molar-refractivity contribution >= 4 is 21.8 Å². The number of Topliss-reactive ketones (excluding diaryl/α,β-unsaturated/α-hetero) is 1. The van der Waals surface area contributed by atoms with Gasteiger partial charge in [0, 0.05) is 6.42 Å². The van der Waals surface area contributed by atoms with Crippen molar-refractivity contribution < 1.29 is 13.2 Å². The Morgan fingerprint density at radius 3 is 2.42 bits per heavy atom. The van der Waals surface area contributed by atoms with Crippen molar-refractivity contribution in [1.82, 2.24) is 9.97 Å². The van der Waals surface area contributed by atoms with Crippen molar-refractivity contribution in [3.8, 4) is 0 Å². The van der Waals surface area contributed by atoms with E-state index >= 15 is 0 Å². The molecule has 1 aromatic carbocycles. The number of sulfonamides is 1. The van der Waals surface area contributed by atoms with Crippen LogP contribution in [0, 0.1) is 19.8 Å².